The fraction of sp³-hybridized carbons (Fsp3) is 0.333. The van der Waals surface area contributed by atoms with Crippen molar-refractivity contribution in [3.8, 4) is 0 Å². The van der Waals surface area contributed by atoms with Gasteiger partial charge < -0.3 is 9.84 Å². The molecule has 1 fully saturated rings. The van der Waals surface area contributed by atoms with Crippen molar-refractivity contribution in [2.75, 3.05) is 12.9 Å². The summed E-state index contributed by atoms with van der Waals surface area (Å²) in [6.07, 6.45) is 0. The lowest BCUT2D eigenvalue weighted by Crippen LogP contribution is -2.33. The number of benzene rings is 1. The summed E-state index contributed by atoms with van der Waals surface area (Å²) in [6, 6.07) is 6.46. The number of carboxylic acid groups (broad SMARTS) is 1. The van der Waals surface area contributed by atoms with E-state index in [0.717, 1.165) is 5.56 Å². The molecular weight excluding hydrogens is 254 g/mol. The van der Waals surface area contributed by atoms with E-state index in [1.807, 2.05) is 0 Å². The van der Waals surface area contributed by atoms with E-state index < -0.39 is 12.0 Å². The van der Waals surface area contributed by atoms with E-state index in [9.17, 15) is 9.59 Å². The van der Waals surface area contributed by atoms with Gasteiger partial charge in [-0.05, 0) is 17.7 Å². The maximum atomic E-state index is 11.3. The molecule has 0 aliphatic carbocycles. The van der Waals surface area contributed by atoms with E-state index in [2.05, 4.69) is 10.1 Å². The number of carboxylic acids is 1. The van der Waals surface area contributed by atoms with Gasteiger partial charge in [0.15, 0.2) is 0 Å². The van der Waals surface area contributed by atoms with Crippen LogP contribution >= 0.6 is 11.8 Å². The Morgan fingerprint density at radius 2 is 2.06 bits per heavy atom. The largest absolute Gasteiger partial charge is 0.480 e. The van der Waals surface area contributed by atoms with E-state index >= 15 is 0 Å². The van der Waals surface area contributed by atoms with Crippen molar-refractivity contribution < 1.29 is 19.4 Å². The summed E-state index contributed by atoms with van der Waals surface area (Å²) in [5.41, 5.74) is 1.44. The number of esters is 1. The SMILES string of the molecule is COC(=O)c1ccc([C@H]2N[C@H](C(=O)O)CS2)cc1. The molecule has 1 aromatic carbocycles. The fourth-order valence-electron chi connectivity index (χ4n) is 1.72. The van der Waals surface area contributed by atoms with Crippen LogP contribution in [0.4, 0.5) is 0 Å². The predicted octanol–water partition coefficient (Wildman–Crippen LogP) is 1.26. The van der Waals surface area contributed by atoms with Crippen molar-refractivity contribution in [2.24, 2.45) is 0 Å². The summed E-state index contributed by atoms with van der Waals surface area (Å²) in [7, 11) is 1.34. The van der Waals surface area contributed by atoms with Crippen LogP contribution in [-0.4, -0.2) is 35.9 Å². The zero-order valence-electron chi connectivity index (χ0n) is 9.75. The Balaban J connectivity index is 2.07. The van der Waals surface area contributed by atoms with Crippen LogP contribution in [0.1, 0.15) is 21.3 Å². The van der Waals surface area contributed by atoms with Crippen molar-refractivity contribution in [1.29, 1.82) is 0 Å². The van der Waals surface area contributed by atoms with Crippen LogP contribution in [-0.2, 0) is 9.53 Å². The second kappa shape index (κ2) is 5.41. The maximum absolute atomic E-state index is 11.3. The first-order chi connectivity index (χ1) is 8.61. The fourth-order valence-corrected chi connectivity index (χ4v) is 2.95. The molecule has 2 atom stereocenters. The Morgan fingerprint density at radius 3 is 2.56 bits per heavy atom. The molecule has 0 radical (unpaired) electrons. The van der Waals surface area contributed by atoms with Gasteiger partial charge in [0, 0.05) is 5.75 Å². The molecule has 0 amide bonds. The Kier molecular flexibility index (Phi) is 3.88. The molecule has 0 bridgehead atoms. The second-order valence-corrected chi connectivity index (χ2v) is 5.02. The Bertz CT molecular complexity index is 460. The number of hydrogen-bond acceptors (Lipinski definition) is 5. The second-order valence-electron chi connectivity index (χ2n) is 3.88. The lowest BCUT2D eigenvalue weighted by Gasteiger charge is -2.11. The molecule has 1 aliphatic rings. The van der Waals surface area contributed by atoms with E-state index in [-0.39, 0.29) is 11.3 Å². The smallest absolute Gasteiger partial charge is 0.337 e. The topological polar surface area (TPSA) is 75.6 Å². The lowest BCUT2D eigenvalue weighted by molar-refractivity contribution is -0.138. The number of carbonyl (C=O) groups is 2. The molecule has 0 spiro atoms. The average molecular weight is 267 g/mol. The molecule has 0 saturated carbocycles. The van der Waals surface area contributed by atoms with Gasteiger partial charge in [0.1, 0.15) is 6.04 Å². The third kappa shape index (κ3) is 2.65. The molecule has 1 heterocycles. The van der Waals surface area contributed by atoms with Crippen LogP contribution in [0.15, 0.2) is 24.3 Å². The minimum Gasteiger partial charge on any atom is -0.480 e. The predicted molar refractivity (Wildman–Crippen MR) is 67.5 cm³/mol. The highest BCUT2D eigenvalue weighted by atomic mass is 32.2. The van der Waals surface area contributed by atoms with Crippen LogP contribution in [0, 0.1) is 0 Å². The molecule has 1 saturated heterocycles. The van der Waals surface area contributed by atoms with Gasteiger partial charge in [0.2, 0.25) is 0 Å². The molecule has 5 nitrogen and oxygen atoms in total. The Morgan fingerprint density at radius 1 is 1.39 bits per heavy atom. The summed E-state index contributed by atoms with van der Waals surface area (Å²) >= 11 is 1.54. The average Bonchev–Trinajstić information content (AvgIpc) is 2.88. The molecule has 96 valence electrons. The first-order valence-electron chi connectivity index (χ1n) is 5.40. The highest BCUT2D eigenvalue weighted by Crippen LogP contribution is 2.32. The maximum Gasteiger partial charge on any atom is 0.337 e. The minimum atomic E-state index is -0.837. The standard InChI is InChI=1S/C12H13NO4S/c1-17-12(16)8-4-2-7(3-5-8)10-13-9(6-18-10)11(14)15/h2-5,9-10,13H,6H2,1H3,(H,14,15)/t9-,10-/m0/s1. The molecular formula is C12H13NO4S. The summed E-state index contributed by atoms with van der Waals surface area (Å²) in [4.78, 5) is 22.1. The van der Waals surface area contributed by atoms with Gasteiger partial charge >= 0.3 is 11.9 Å². The van der Waals surface area contributed by atoms with Crippen molar-refractivity contribution >= 4 is 23.7 Å². The van der Waals surface area contributed by atoms with Gasteiger partial charge in [-0.25, -0.2) is 4.79 Å². The van der Waals surface area contributed by atoms with E-state index in [0.29, 0.717) is 11.3 Å². The van der Waals surface area contributed by atoms with Crippen molar-refractivity contribution in [3.05, 3.63) is 35.4 Å². The van der Waals surface area contributed by atoms with Crippen LogP contribution in [0.3, 0.4) is 0 Å². The minimum absolute atomic E-state index is 0.0437. The molecule has 0 aromatic heterocycles. The zero-order valence-corrected chi connectivity index (χ0v) is 10.6. The van der Waals surface area contributed by atoms with Crippen LogP contribution in [0.2, 0.25) is 0 Å². The summed E-state index contributed by atoms with van der Waals surface area (Å²) < 4.78 is 4.61. The third-order valence-corrected chi connectivity index (χ3v) is 3.98. The van der Waals surface area contributed by atoms with E-state index in [1.165, 1.54) is 7.11 Å². The number of methoxy groups -OCH3 is 1. The van der Waals surface area contributed by atoms with Gasteiger partial charge in [-0.3, -0.25) is 10.1 Å². The number of aliphatic carboxylic acids is 1. The number of ether oxygens (including phenoxy) is 1. The molecule has 1 aromatic rings. The van der Waals surface area contributed by atoms with Gasteiger partial charge in [-0.15, -0.1) is 11.8 Å². The van der Waals surface area contributed by atoms with Crippen molar-refractivity contribution in [2.45, 2.75) is 11.4 Å². The monoisotopic (exact) mass is 267 g/mol. The molecule has 18 heavy (non-hydrogen) atoms. The van der Waals surface area contributed by atoms with Gasteiger partial charge in [0.25, 0.3) is 0 Å². The summed E-state index contributed by atoms with van der Waals surface area (Å²) in [5.74, 6) is -0.674. The molecule has 6 heteroatoms. The molecule has 1 aliphatic heterocycles. The van der Waals surface area contributed by atoms with Crippen molar-refractivity contribution in [1.82, 2.24) is 5.32 Å². The lowest BCUT2D eigenvalue weighted by atomic mass is 10.1. The van der Waals surface area contributed by atoms with Crippen LogP contribution in [0.25, 0.3) is 0 Å². The molecule has 0 unspecified atom stereocenters. The zero-order chi connectivity index (χ0) is 13.1. The number of nitrogens with one attached hydrogen (secondary N) is 1. The quantitative estimate of drug-likeness (QED) is 0.803. The summed E-state index contributed by atoms with van der Waals surface area (Å²) in [5, 5.41) is 11.9. The number of carbonyl (C=O) groups excluding carboxylic acids is 1. The first-order valence-corrected chi connectivity index (χ1v) is 6.45. The third-order valence-electron chi connectivity index (χ3n) is 2.71. The number of rotatable bonds is 3. The Labute approximate surface area is 109 Å². The van der Waals surface area contributed by atoms with Crippen LogP contribution < -0.4 is 5.32 Å². The van der Waals surface area contributed by atoms with Gasteiger partial charge in [-0.2, -0.15) is 0 Å². The number of hydrogen-bond donors (Lipinski definition) is 2. The highest BCUT2D eigenvalue weighted by Gasteiger charge is 2.30. The highest BCUT2D eigenvalue weighted by molar-refractivity contribution is 7.99. The first kappa shape index (κ1) is 12.9. The molecule has 2 N–H and O–H groups in total. The molecule has 2 rings (SSSR count). The van der Waals surface area contributed by atoms with E-state index in [1.54, 1.807) is 36.0 Å². The normalized spacial score (nSPS) is 22.7. The van der Waals surface area contributed by atoms with Gasteiger partial charge in [-0.1, -0.05) is 12.1 Å². The Hall–Kier alpha value is -1.53. The van der Waals surface area contributed by atoms with E-state index in [4.69, 9.17) is 5.11 Å². The summed E-state index contributed by atoms with van der Waals surface area (Å²) in [6.45, 7) is 0. The van der Waals surface area contributed by atoms with Gasteiger partial charge in [0.05, 0.1) is 18.0 Å². The number of thioether (sulfide) groups is 1. The van der Waals surface area contributed by atoms with Crippen LogP contribution in [0.5, 0.6) is 0 Å². The van der Waals surface area contributed by atoms with Crippen molar-refractivity contribution in [3.63, 3.8) is 0 Å².